The number of amides is 1. The Bertz CT molecular complexity index is 1130. The van der Waals surface area contributed by atoms with Crippen molar-refractivity contribution in [2.75, 3.05) is 6.61 Å². The summed E-state index contributed by atoms with van der Waals surface area (Å²) in [5, 5.41) is 2.57. The van der Waals surface area contributed by atoms with E-state index in [0.717, 1.165) is 21.3 Å². The lowest BCUT2D eigenvalue weighted by Gasteiger charge is -2.18. The second-order valence-electron chi connectivity index (χ2n) is 8.52. The maximum atomic E-state index is 12.8. The number of aromatic nitrogens is 1. The van der Waals surface area contributed by atoms with Crippen molar-refractivity contribution in [1.29, 1.82) is 0 Å². The summed E-state index contributed by atoms with van der Waals surface area (Å²) in [4.78, 5) is 42.7. The highest BCUT2D eigenvalue weighted by molar-refractivity contribution is 7.21. The first-order valence-electron chi connectivity index (χ1n) is 11.4. The van der Waals surface area contributed by atoms with Crippen molar-refractivity contribution in [1.82, 2.24) is 10.3 Å². The normalized spacial score (nSPS) is 11.9. The number of rotatable bonds is 11. The number of nitrogens with one attached hydrogen (secondary N) is 1. The number of alkyl carbamates (subject to hydrolysis) is 1. The molecule has 1 amide bonds. The second kappa shape index (κ2) is 12.3. The monoisotopic (exact) mass is 482 g/mol. The Morgan fingerprint density at radius 3 is 2.53 bits per heavy atom. The molecule has 0 unspecified atom stereocenters. The minimum absolute atomic E-state index is 0.0782. The highest BCUT2D eigenvalue weighted by Gasteiger charge is 2.25. The summed E-state index contributed by atoms with van der Waals surface area (Å²) in [5.41, 5.74) is 2.67. The Hall–Kier alpha value is -3.26. The Labute approximate surface area is 203 Å². The minimum atomic E-state index is -0.978. The molecule has 0 saturated carbocycles. The van der Waals surface area contributed by atoms with Gasteiger partial charge in [0.1, 0.15) is 12.6 Å². The summed E-state index contributed by atoms with van der Waals surface area (Å²) in [7, 11) is 0. The molecule has 0 aliphatic rings. The van der Waals surface area contributed by atoms with Crippen molar-refractivity contribution < 1.29 is 23.9 Å². The van der Waals surface area contributed by atoms with Gasteiger partial charge in [-0.3, -0.25) is 9.78 Å². The van der Waals surface area contributed by atoms with Crippen LogP contribution < -0.4 is 5.32 Å². The van der Waals surface area contributed by atoms with Crippen LogP contribution in [0, 0.1) is 12.8 Å². The van der Waals surface area contributed by atoms with Gasteiger partial charge in [0.2, 0.25) is 0 Å². The van der Waals surface area contributed by atoms with Crippen LogP contribution in [-0.4, -0.2) is 35.5 Å². The minimum Gasteiger partial charge on any atom is -0.464 e. The molecule has 0 fully saturated rings. The van der Waals surface area contributed by atoms with E-state index in [0.29, 0.717) is 17.2 Å². The number of Topliss-reactive ketones (excluding diaryl/α,β-unsaturated/α-hetero) is 1. The van der Waals surface area contributed by atoms with E-state index in [4.69, 9.17) is 9.47 Å². The van der Waals surface area contributed by atoms with Gasteiger partial charge in [-0.15, -0.1) is 11.3 Å². The molecule has 34 heavy (non-hydrogen) atoms. The van der Waals surface area contributed by atoms with Gasteiger partial charge in [0.05, 0.1) is 21.7 Å². The molecule has 0 saturated heterocycles. The van der Waals surface area contributed by atoms with E-state index in [1.807, 2.05) is 57.2 Å². The summed E-state index contributed by atoms with van der Waals surface area (Å²) >= 11 is 1.39. The Morgan fingerprint density at radius 2 is 1.82 bits per heavy atom. The van der Waals surface area contributed by atoms with Crippen molar-refractivity contribution in [2.24, 2.45) is 5.92 Å². The Morgan fingerprint density at radius 1 is 1.06 bits per heavy atom. The molecule has 0 bridgehead atoms. The predicted molar refractivity (Wildman–Crippen MR) is 132 cm³/mol. The largest absolute Gasteiger partial charge is 0.464 e. The van der Waals surface area contributed by atoms with Crippen LogP contribution >= 0.6 is 11.3 Å². The number of esters is 1. The van der Waals surface area contributed by atoms with Crippen LogP contribution in [0.2, 0.25) is 0 Å². The molecule has 2 heterocycles. The number of pyridine rings is 1. The quantitative estimate of drug-likeness (QED) is 0.288. The van der Waals surface area contributed by atoms with Gasteiger partial charge in [0.25, 0.3) is 0 Å². The Balaban J connectivity index is 1.61. The van der Waals surface area contributed by atoms with Crippen LogP contribution in [0.4, 0.5) is 4.79 Å². The molecule has 0 aliphatic heterocycles. The first-order chi connectivity index (χ1) is 16.3. The highest BCUT2D eigenvalue weighted by Crippen LogP contribution is 2.28. The average Bonchev–Trinajstić information content (AvgIpc) is 3.26. The van der Waals surface area contributed by atoms with Gasteiger partial charge in [-0.2, -0.15) is 0 Å². The van der Waals surface area contributed by atoms with Crippen molar-refractivity contribution in [2.45, 2.75) is 52.7 Å². The van der Waals surface area contributed by atoms with Gasteiger partial charge < -0.3 is 14.8 Å². The summed E-state index contributed by atoms with van der Waals surface area (Å²) in [5.74, 6) is -0.303. The fraction of sp³-hybridized carbons (Fsp3) is 0.385. The first kappa shape index (κ1) is 25.4. The number of thiophene rings is 1. The summed E-state index contributed by atoms with van der Waals surface area (Å²) in [6, 6.07) is 11.9. The zero-order chi connectivity index (χ0) is 24.5. The van der Waals surface area contributed by atoms with E-state index in [2.05, 4.69) is 10.3 Å². The highest BCUT2D eigenvalue weighted by atomic mass is 32.1. The number of ether oxygens (including phenoxy) is 2. The SMILES string of the molecule is Cc1ccnc2cc(C(=O)CC[C@@H](NC(=O)OCc3ccccc3)C(=O)OCCC(C)C)sc12. The number of carbonyl (C=O) groups excluding carboxylic acids is 3. The van der Waals surface area contributed by atoms with E-state index in [-0.39, 0.29) is 31.8 Å². The van der Waals surface area contributed by atoms with Gasteiger partial charge in [0.15, 0.2) is 5.78 Å². The second-order valence-corrected chi connectivity index (χ2v) is 9.58. The molecule has 0 radical (unpaired) electrons. The zero-order valence-electron chi connectivity index (χ0n) is 19.7. The third kappa shape index (κ3) is 7.38. The fourth-order valence-corrected chi connectivity index (χ4v) is 4.30. The average molecular weight is 483 g/mol. The fourth-order valence-electron chi connectivity index (χ4n) is 3.25. The lowest BCUT2D eigenvalue weighted by Crippen LogP contribution is -2.42. The van der Waals surface area contributed by atoms with Crippen LogP contribution in [0.3, 0.4) is 0 Å². The van der Waals surface area contributed by atoms with Gasteiger partial charge >= 0.3 is 12.1 Å². The number of hydrogen-bond donors (Lipinski definition) is 1. The molecule has 2 aromatic heterocycles. The first-order valence-corrected chi connectivity index (χ1v) is 12.2. The number of carbonyl (C=O) groups is 3. The van der Waals surface area contributed by atoms with E-state index in [9.17, 15) is 14.4 Å². The number of ketones is 1. The summed E-state index contributed by atoms with van der Waals surface area (Å²) in [6.07, 6.45) is 1.88. The molecule has 3 aromatic rings. The molecule has 180 valence electrons. The smallest absolute Gasteiger partial charge is 0.408 e. The lowest BCUT2D eigenvalue weighted by molar-refractivity contribution is -0.146. The van der Waals surface area contributed by atoms with Gasteiger partial charge in [-0.25, -0.2) is 9.59 Å². The number of fused-ring (bicyclic) bond motifs is 1. The third-order valence-electron chi connectivity index (χ3n) is 5.27. The molecule has 1 atom stereocenters. The van der Waals surface area contributed by atoms with E-state index >= 15 is 0 Å². The molecule has 0 spiro atoms. The maximum absolute atomic E-state index is 12.8. The molecule has 7 nitrogen and oxygen atoms in total. The van der Waals surface area contributed by atoms with E-state index < -0.39 is 18.1 Å². The molecule has 0 aliphatic carbocycles. The Kier molecular flexibility index (Phi) is 9.16. The van der Waals surface area contributed by atoms with Crippen LogP contribution in [0.1, 0.15) is 53.9 Å². The molecular weight excluding hydrogens is 452 g/mol. The summed E-state index contributed by atoms with van der Waals surface area (Å²) in [6.45, 7) is 6.37. The van der Waals surface area contributed by atoms with Crippen molar-refractivity contribution in [3.63, 3.8) is 0 Å². The number of aryl methyl sites for hydroxylation is 1. The van der Waals surface area contributed by atoms with Crippen LogP contribution in [0.5, 0.6) is 0 Å². The van der Waals surface area contributed by atoms with Crippen molar-refractivity contribution >= 4 is 39.4 Å². The van der Waals surface area contributed by atoms with Gasteiger partial charge in [-0.1, -0.05) is 44.2 Å². The van der Waals surface area contributed by atoms with Crippen LogP contribution in [-0.2, 0) is 20.9 Å². The maximum Gasteiger partial charge on any atom is 0.408 e. The van der Waals surface area contributed by atoms with E-state index in [1.165, 1.54) is 11.3 Å². The van der Waals surface area contributed by atoms with Gasteiger partial charge in [-0.05, 0) is 48.9 Å². The number of benzene rings is 1. The predicted octanol–water partition coefficient (Wildman–Crippen LogP) is 5.45. The molecule has 3 rings (SSSR count). The zero-order valence-corrected chi connectivity index (χ0v) is 20.5. The van der Waals surface area contributed by atoms with Crippen molar-refractivity contribution in [3.05, 3.63) is 64.7 Å². The summed E-state index contributed by atoms with van der Waals surface area (Å²) < 4.78 is 11.6. The van der Waals surface area contributed by atoms with Crippen molar-refractivity contribution in [3.8, 4) is 0 Å². The molecule has 1 N–H and O–H groups in total. The standard InChI is InChI=1S/C26H30N2O5S/c1-17(2)12-14-32-25(30)20(28-26(31)33-16-19-7-5-4-6-8-19)9-10-22(29)23-15-21-24(34-23)18(3)11-13-27-21/h4-8,11,13,15,17,20H,9-10,12,14,16H2,1-3H3,(H,28,31)/t20-/m1/s1. The number of hydrogen-bond acceptors (Lipinski definition) is 7. The van der Waals surface area contributed by atoms with E-state index in [1.54, 1.807) is 12.3 Å². The molecule has 1 aromatic carbocycles. The van der Waals surface area contributed by atoms with Crippen LogP contribution in [0.25, 0.3) is 10.2 Å². The van der Waals surface area contributed by atoms with Gasteiger partial charge in [0, 0.05) is 12.6 Å². The van der Waals surface area contributed by atoms with Crippen LogP contribution in [0.15, 0.2) is 48.7 Å². The lowest BCUT2D eigenvalue weighted by atomic mass is 10.1. The topological polar surface area (TPSA) is 94.6 Å². The number of nitrogens with zero attached hydrogens (tertiary/aromatic N) is 1. The third-order valence-corrected chi connectivity index (χ3v) is 6.57. The molecular formula is C26H30N2O5S. The molecule has 8 heteroatoms.